The van der Waals surface area contributed by atoms with E-state index in [0.29, 0.717) is 21.6 Å². The van der Waals surface area contributed by atoms with Crippen LogP contribution < -0.4 is 0 Å². The van der Waals surface area contributed by atoms with Crippen molar-refractivity contribution in [3.63, 3.8) is 0 Å². The third kappa shape index (κ3) is 3.54. The average Bonchev–Trinajstić information content (AvgIpc) is 3.38. The molecule has 2 aromatic carbocycles. The van der Waals surface area contributed by atoms with Crippen molar-refractivity contribution in [3.8, 4) is 0 Å². The van der Waals surface area contributed by atoms with Crippen molar-refractivity contribution in [3.05, 3.63) is 64.4 Å². The molecular formula is C20H18ClF2N3O. The van der Waals surface area contributed by atoms with Crippen molar-refractivity contribution in [2.24, 2.45) is 0 Å². The fraction of sp³-hybridized carbons (Fsp3) is 0.300. The van der Waals surface area contributed by atoms with E-state index >= 15 is 0 Å². The highest BCUT2D eigenvalue weighted by Crippen LogP contribution is 2.36. The van der Waals surface area contributed by atoms with Crippen LogP contribution in [0, 0.1) is 0 Å². The Morgan fingerprint density at radius 2 is 1.93 bits per heavy atom. The second-order valence-corrected chi connectivity index (χ2v) is 7.26. The summed E-state index contributed by atoms with van der Waals surface area (Å²) in [7, 11) is 0. The molecule has 1 aromatic heterocycles. The predicted molar refractivity (Wildman–Crippen MR) is 100 cm³/mol. The van der Waals surface area contributed by atoms with Crippen LogP contribution in [-0.2, 0) is 0 Å². The van der Waals surface area contributed by atoms with Crippen LogP contribution in [0.25, 0.3) is 11.0 Å². The van der Waals surface area contributed by atoms with Gasteiger partial charge in [-0.1, -0.05) is 23.7 Å². The zero-order valence-electron chi connectivity index (χ0n) is 14.6. The molecular weight excluding hydrogens is 372 g/mol. The van der Waals surface area contributed by atoms with Gasteiger partial charge in [0.2, 0.25) is 0 Å². The second kappa shape index (κ2) is 6.93. The zero-order chi connectivity index (χ0) is 19.1. The molecule has 1 saturated carbocycles. The van der Waals surface area contributed by atoms with Gasteiger partial charge in [-0.05, 0) is 55.7 Å². The maximum absolute atomic E-state index is 13.2. The smallest absolute Gasteiger partial charge is 0.295 e. The number of fused-ring (bicyclic) bond motifs is 1. The molecule has 1 aliphatic rings. The van der Waals surface area contributed by atoms with Gasteiger partial charge in [-0.2, -0.15) is 0 Å². The molecule has 1 amide bonds. The van der Waals surface area contributed by atoms with Gasteiger partial charge in [0.1, 0.15) is 0 Å². The summed E-state index contributed by atoms with van der Waals surface area (Å²) in [5.74, 6) is -0.502. The number of benzene rings is 2. The number of imidazole rings is 1. The minimum absolute atomic E-state index is 0.114. The highest BCUT2D eigenvalue weighted by atomic mass is 35.5. The number of aromatic amines is 1. The standard InChI is InChI=1S/C20H18ClF2N3O/c1-11(12-2-5-14(21)6-3-12)26(15-7-8-15)20(27)13-4-9-16-17(10-13)25-19(24-16)18(22)23/h2-6,9-11,15,18H,7-8H2,1H3,(H,24,25). The van der Waals surface area contributed by atoms with Gasteiger partial charge in [0.15, 0.2) is 5.82 Å². The summed E-state index contributed by atoms with van der Waals surface area (Å²) < 4.78 is 25.7. The van der Waals surface area contributed by atoms with Crippen molar-refractivity contribution in [1.29, 1.82) is 0 Å². The molecule has 1 heterocycles. The molecule has 4 rings (SSSR count). The maximum Gasteiger partial charge on any atom is 0.295 e. The van der Waals surface area contributed by atoms with Gasteiger partial charge in [0.05, 0.1) is 17.1 Å². The number of alkyl halides is 2. The van der Waals surface area contributed by atoms with E-state index < -0.39 is 6.43 Å². The lowest BCUT2D eigenvalue weighted by atomic mass is 10.0. The minimum atomic E-state index is -2.68. The number of carbonyl (C=O) groups excluding carboxylic acids is 1. The fourth-order valence-corrected chi connectivity index (χ4v) is 3.45. The molecule has 7 heteroatoms. The molecule has 1 aliphatic carbocycles. The first kappa shape index (κ1) is 17.9. The molecule has 0 aliphatic heterocycles. The Bertz CT molecular complexity index is 983. The minimum Gasteiger partial charge on any atom is -0.337 e. The van der Waals surface area contributed by atoms with Crippen molar-refractivity contribution in [2.45, 2.75) is 38.3 Å². The summed E-state index contributed by atoms with van der Waals surface area (Å²) in [4.78, 5) is 21.5. The van der Waals surface area contributed by atoms with E-state index in [1.54, 1.807) is 18.2 Å². The third-order valence-corrected chi connectivity index (χ3v) is 5.15. The summed E-state index contributed by atoms with van der Waals surface area (Å²) in [6.45, 7) is 1.99. The van der Waals surface area contributed by atoms with Gasteiger partial charge in [-0.3, -0.25) is 4.79 Å². The van der Waals surface area contributed by atoms with E-state index in [0.717, 1.165) is 18.4 Å². The predicted octanol–water partition coefficient (Wildman–Crippen LogP) is 5.52. The van der Waals surface area contributed by atoms with Crippen molar-refractivity contribution in [1.82, 2.24) is 14.9 Å². The van der Waals surface area contributed by atoms with Crippen LogP contribution >= 0.6 is 11.6 Å². The Balaban J connectivity index is 1.65. The van der Waals surface area contributed by atoms with Crippen LogP contribution in [0.5, 0.6) is 0 Å². The van der Waals surface area contributed by atoms with Crippen molar-refractivity contribution < 1.29 is 13.6 Å². The monoisotopic (exact) mass is 389 g/mol. The summed E-state index contributed by atoms with van der Waals surface area (Å²) in [6, 6.07) is 12.4. The number of H-pyrrole nitrogens is 1. The van der Waals surface area contributed by atoms with Crippen LogP contribution in [0.4, 0.5) is 8.78 Å². The van der Waals surface area contributed by atoms with Crippen LogP contribution in [0.3, 0.4) is 0 Å². The van der Waals surface area contributed by atoms with Gasteiger partial charge >= 0.3 is 0 Å². The summed E-state index contributed by atoms with van der Waals surface area (Å²) in [6.07, 6.45) is -0.749. The molecule has 0 radical (unpaired) electrons. The molecule has 1 unspecified atom stereocenters. The molecule has 1 atom stereocenters. The lowest BCUT2D eigenvalue weighted by Gasteiger charge is -2.30. The van der Waals surface area contributed by atoms with Crippen LogP contribution in [0.2, 0.25) is 5.02 Å². The van der Waals surface area contributed by atoms with E-state index in [-0.39, 0.29) is 23.8 Å². The Kier molecular flexibility index (Phi) is 4.60. The van der Waals surface area contributed by atoms with Crippen LogP contribution in [0.1, 0.15) is 54.0 Å². The Morgan fingerprint density at radius 3 is 2.56 bits per heavy atom. The topological polar surface area (TPSA) is 49.0 Å². The number of aromatic nitrogens is 2. The first-order valence-corrected chi connectivity index (χ1v) is 9.18. The first-order valence-electron chi connectivity index (χ1n) is 8.80. The highest BCUT2D eigenvalue weighted by Gasteiger charge is 2.36. The van der Waals surface area contributed by atoms with Gasteiger partial charge in [0, 0.05) is 16.6 Å². The van der Waals surface area contributed by atoms with Gasteiger partial charge in [0.25, 0.3) is 12.3 Å². The molecule has 0 saturated heterocycles. The van der Waals surface area contributed by atoms with E-state index in [1.165, 1.54) is 0 Å². The fourth-order valence-electron chi connectivity index (χ4n) is 3.33. The maximum atomic E-state index is 13.2. The summed E-state index contributed by atoms with van der Waals surface area (Å²) >= 11 is 5.97. The van der Waals surface area contributed by atoms with Crippen LogP contribution in [-0.4, -0.2) is 26.8 Å². The molecule has 0 spiro atoms. The largest absolute Gasteiger partial charge is 0.337 e. The number of amides is 1. The van der Waals surface area contributed by atoms with Crippen molar-refractivity contribution >= 4 is 28.5 Å². The average molecular weight is 390 g/mol. The second-order valence-electron chi connectivity index (χ2n) is 6.83. The lowest BCUT2D eigenvalue weighted by molar-refractivity contribution is 0.0674. The number of hydrogen-bond acceptors (Lipinski definition) is 2. The number of nitrogens with zero attached hydrogens (tertiary/aromatic N) is 2. The number of nitrogens with one attached hydrogen (secondary N) is 1. The molecule has 27 heavy (non-hydrogen) atoms. The molecule has 1 N–H and O–H groups in total. The van der Waals surface area contributed by atoms with Gasteiger partial charge < -0.3 is 9.88 Å². The zero-order valence-corrected chi connectivity index (χ0v) is 15.4. The van der Waals surface area contributed by atoms with E-state index in [2.05, 4.69) is 9.97 Å². The first-order chi connectivity index (χ1) is 12.9. The Morgan fingerprint density at radius 1 is 1.22 bits per heavy atom. The number of halogens is 3. The summed E-state index contributed by atoms with van der Waals surface area (Å²) in [5, 5.41) is 0.648. The van der Waals surface area contributed by atoms with Crippen molar-refractivity contribution in [2.75, 3.05) is 0 Å². The highest BCUT2D eigenvalue weighted by molar-refractivity contribution is 6.30. The van der Waals surface area contributed by atoms with Gasteiger partial charge in [-0.25, -0.2) is 13.8 Å². The van der Waals surface area contributed by atoms with Gasteiger partial charge in [-0.15, -0.1) is 0 Å². The molecule has 140 valence electrons. The lowest BCUT2D eigenvalue weighted by Crippen LogP contribution is -2.35. The SMILES string of the molecule is CC(c1ccc(Cl)cc1)N(C(=O)c1ccc2nc(C(F)F)[nH]c2c1)C1CC1. The van der Waals surface area contributed by atoms with Crippen LogP contribution in [0.15, 0.2) is 42.5 Å². The van der Waals surface area contributed by atoms with E-state index in [1.807, 2.05) is 36.1 Å². The molecule has 4 nitrogen and oxygen atoms in total. The summed E-state index contributed by atoms with van der Waals surface area (Å²) in [5.41, 5.74) is 2.32. The normalized spacial score (nSPS) is 15.3. The molecule has 1 fully saturated rings. The quantitative estimate of drug-likeness (QED) is 0.624. The Labute approximate surface area is 160 Å². The van der Waals surface area contributed by atoms with E-state index in [4.69, 9.17) is 11.6 Å². The molecule has 3 aromatic rings. The molecule has 0 bridgehead atoms. The number of carbonyl (C=O) groups is 1. The van der Waals surface area contributed by atoms with E-state index in [9.17, 15) is 13.6 Å². The number of hydrogen-bond donors (Lipinski definition) is 1. The Hall–Kier alpha value is -2.47. The number of rotatable bonds is 5. The third-order valence-electron chi connectivity index (χ3n) is 4.90.